The summed E-state index contributed by atoms with van der Waals surface area (Å²) in [6.07, 6.45) is -2.83. The maximum atomic E-state index is 11.3. The molecule has 0 saturated carbocycles. The van der Waals surface area contributed by atoms with Gasteiger partial charge in [-0.3, -0.25) is 4.79 Å². The average Bonchev–Trinajstić information content (AvgIpc) is 2.36. The second-order valence-electron chi connectivity index (χ2n) is 3.63. The first-order chi connectivity index (χ1) is 8.86. The molecule has 0 bridgehead atoms. The molecule has 2 unspecified atom stereocenters. The number of carboxylic acid groups (broad SMARTS) is 1. The summed E-state index contributed by atoms with van der Waals surface area (Å²) in [6.45, 7) is 0. The Balaban J connectivity index is 3.01. The molecule has 19 heavy (non-hydrogen) atoms. The summed E-state index contributed by atoms with van der Waals surface area (Å²) in [6, 6.07) is 0. The number of carbonyl (C=O) groups is 2. The van der Waals surface area contributed by atoms with Gasteiger partial charge in [-0.15, -0.1) is 0 Å². The van der Waals surface area contributed by atoms with Gasteiger partial charge < -0.3 is 25.8 Å². The highest BCUT2D eigenvalue weighted by Crippen LogP contribution is 2.18. The quantitative estimate of drug-likeness (QED) is 0.478. The number of anilines is 1. The van der Waals surface area contributed by atoms with Crippen LogP contribution in [0.1, 0.15) is 28.7 Å². The van der Waals surface area contributed by atoms with Crippen LogP contribution >= 0.6 is 0 Å². The molecule has 0 aromatic carbocycles. The Morgan fingerprint density at radius 1 is 1.47 bits per heavy atom. The minimum Gasteiger partial charge on any atom is -0.481 e. The van der Waals surface area contributed by atoms with Crippen LogP contribution in [0.3, 0.4) is 0 Å². The molecule has 1 rings (SSSR count). The fourth-order valence-corrected chi connectivity index (χ4v) is 1.29. The predicted octanol–water partition coefficient (Wildman–Crippen LogP) is -1.29. The maximum absolute atomic E-state index is 11.3. The van der Waals surface area contributed by atoms with Crippen LogP contribution in [-0.2, 0) is 9.53 Å². The van der Waals surface area contributed by atoms with E-state index in [4.69, 9.17) is 10.8 Å². The van der Waals surface area contributed by atoms with Gasteiger partial charge in [-0.1, -0.05) is 0 Å². The molecular weight excluding hydrogens is 258 g/mol. The van der Waals surface area contributed by atoms with Gasteiger partial charge in [0.2, 0.25) is 0 Å². The minimum absolute atomic E-state index is 0.177. The van der Waals surface area contributed by atoms with E-state index >= 15 is 0 Å². The van der Waals surface area contributed by atoms with Crippen molar-refractivity contribution in [2.24, 2.45) is 0 Å². The Morgan fingerprint density at radius 2 is 2.11 bits per heavy atom. The van der Waals surface area contributed by atoms with E-state index in [1.54, 1.807) is 0 Å². The van der Waals surface area contributed by atoms with Crippen molar-refractivity contribution < 1.29 is 29.6 Å². The van der Waals surface area contributed by atoms with Gasteiger partial charge >= 0.3 is 11.9 Å². The molecule has 0 spiro atoms. The highest BCUT2D eigenvalue weighted by molar-refractivity contribution is 5.91. The van der Waals surface area contributed by atoms with Crippen molar-refractivity contribution >= 4 is 17.8 Å². The fraction of sp³-hybridized carbons (Fsp3) is 0.400. The molecule has 1 aromatic heterocycles. The van der Waals surface area contributed by atoms with E-state index < -0.39 is 30.6 Å². The summed E-state index contributed by atoms with van der Waals surface area (Å²) in [5.74, 6) is -2.34. The number of aliphatic carboxylic acids is 1. The molecule has 0 aliphatic heterocycles. The van der Waals surface area contributed by atoms with Crippen LogP contribution in [0.2, 0.25) is 0 Å². The van der Waals surface area contributed by atoms with E-state index in [1.165, 1.54) is 0 Å². The number of aliphatic hydroxyl groups excluding tert-OH is 2. The number of nitrogens with two attached hydrogens (primary N) is 1. The molecule has 0 amide bonds. The molecule has 0 aliphatic rings. The lowest BCUT2D eigenvalue weighted by Crippen LogP contribution is -2.24. The Labute approximate surface area is 107 Å². The molecule has 104 valence electrons. The van der Waals surface area contributed by atoms with Gasteiger partial charge in [0.05, 0.1) is 31.5 Å². The Morgan fingerprint density at radius 3 is 2.63 bits per heavy atom. The molecule has 2 atom stereocenters. The lowest BCUT2D eigenvalue weighted by molar-refractivity contribution is -0.141. The summed E-state index contributed by atoms with van der Waals surface area (Å²) < 4.78 is 4.42. The van der Waals surface area contributed by atoms with Gasteiger partial charge in [0.25, 0.3) is 0 Å². The van der Waals surface area contributed by atoms with Crippen LogP contribution in [0.25, 0.3) is 0 Å². The van der Waals surface area contributed by atoms with Crippen LogP contribution < -0.4 is 5.73 Å². The Kier molecular flexibility index (Phi) is 4.73. The Bertz CT molecular complexity index is 492. The molecule has 0 fully saturated rings. The number of carbonyl (C=O) groups excluding carboxylic acids is 1. The highest BCUT2D eigenvalue weighted by atomic mass is 16.5. The molecule has 9 heteroatoms. The standard InChI is InChI=1S/C10H13N3O6/c1-19-10(18)7-9(11)12-3-4(13-7)8(17)5(14)2-6(15)16/h3,5,8,14,17H,2H2,1H3,(H2,11,12)(H,15,16). The SMILES string of the molecule is COC(=O)c1nc(C(O)C(O)CC(=O)O)cnc1N. The van der Waals surface area contributed by atoms with Crippen LogP contribution in [0.15, 0.2) is 6.20 Å². The van der Waals surface area contributed by atoms with Crippen molar-refractivity contribution in [1.29, 1.82) is 0 Å². The number of hydrogen-bond donors (Lipinski definition) is 4. The van der Waals surface area contributed by atoms with Gasteiger partial charge in [0, 0.05) is 0 Å². The zero-order valence-corrected chi connectivity index (χ0v) is 9.98. The number of nitrogens with zero attached hydrogens (tertiary/aromatic N) is 2. The molecular formula is C10H13N3O6. The summed E-state index contributed by atoms with van der Waals surface area (Å²) in [5, 5.41) is 27.7. The second-order valence-corrected chi connectivity index (χ2v) is 3.63. The predicted molar refractivity (Wildman–Crippen MR) is 61.0 cm³/mol. The monoisotopic (exact) mass is 271 g/mol. The summed E-state index contributed by atoms with van der Waals surface area (Å²) >= 11 is 0. The molecule has 0 saturated heterocycles. The molecule has 9 nitrogen and oxygen atoms in total. The minimum atomic E-state index is -1.60. The number of esters is 1. The van der Waals surface area contributed by atoms with Gasteiger partial charge in [-0.25, -0.2) is 14.8 Å². The molecule has 0 aliphatic carbocycles. The molecule has 1 heterocycles. The Hall–Kier alpha value is -2.26. The molecule has 1 aromatic rings. The molecule has 5 N–H and O–H groups in total. The molecule has 0 radical (unpaired) electrons. The van der Waals surface area contributed by atoms with Crippen LogP contribution in [0.5, 0.6) is 0 Å². The first-order valence-corrected chi connectivity index (χ1v) is 5.15. The summed E-state index contributed by atoms with van der Waals surface area (Å²) in [5.41, 5.74) is 4.91. The van der Waals surface area contributed by atoms with Crippen LogP contribution in [0, 0.1) is 0 Å². The third-order valence-corrected chi connectivity index (χ3v) is 2.25. The van der Waals surface area contributed by atoms with Crippen molar-refractivity contribution in [3.05, 3.63) is 17.6 Å². The number of aromatic nitrogens is 2. The lowest BCUT2D eigenvalue weighted by Gasteiger charge is -2.16. The third kappa shape index (κ3) is 3.60. The van der Waals surface area contributed by atoms with Crippen molar-refractivity contribution in [1.82, 2.24) is 9.97 Å². The van der Waals surface area contributed by atoms with Crippen molar-refractivity contribution in [3.63, 3.8) is 0 Å². The van der Waals surface area contributed by atoms with Crippen molar-refractivity contribution in [2.45, 2.75) is 18.6 Å². The fourth-order valence-electron chi connectivity index (χ4n) is 1.29. The summed E-state index contributed by atoms with van der Waals surface area (Å²) in [7, 11) is 1.12. The zero-order valence-electron chi connectivity index (χ0n) is 9.98. The number of nitrogen functional groups attached to an aromatic ring is 1. The van der Waals surface area contributed by atoms with Gasteiger partial charge in [-0.05, 0) is 0 Å². The summed E-state index contributed by atoms with van der Waals surface area (Å²) in [4.78, 5) is 29.1. The highest BCUT2D eigenvalue weighted by Gasteiger charge is 2.25. The largest absolute Gasteiger partial charge is 0.481 e. The zero-order chi connectivity index (χ0) is 14.6. The van der Waals surface area contributed by atoms with Crippen molar-refractivity contribution in [3.8, 4) is 0 Å². The van der Waals surface area contributed by atoms with E-state index in [0.29, 0.717) is 0 Å². The van der Waals surface area contributed by atoms with E-state index in [-0.39, 0.29) is 17.2 Å². The van der Waals surface area contributed by atoms with Gasteiger partial charge in [-0.2, -0.15) is 0 Å². The van der Waals surface area contributed by atoms with Crippen molar-refractivity contribution in [2.75, 3.05) is 12.8 Å². The number of rotatable bonds is 5. The number of carboxylic acids is 1. The van der Waals surface area contributed by atoms with Gasteiger partial charge in [0.15, 0.2) is 11.5 Å². The maximum Gasteiger partial charge on any atom is 0.360 e. The van der Waals surface area contributed by atoms with E-state index in [1.807, 2.05) is 0 Å². The normalized spacial score (nSPS) is 13.6. The number of hydrogen-bond acceptors (Lipinski definition) is 8. The lowest BCUT2D eigenvalue weighted by atomic mass is 10.1. The third-order valence-electron chi connectivity index (χ3n) is 2.25. The first-order valence-electron chi connectivity index (χ1n) is 5.15. The first kappa shape index (κ1) is 14.8. The van der Waals surface area contributed by atoms with E-state index in [9.17, 15) is 19.8 Å². The number of aliphatic hydroxyl groups is 2. The number of ether oxygens (including phenoxy) is 1. The average molecular weight is 271 g/mol. The van der Waals surface area contributed by atoms with E-state index in [2.05, 4.69) is 14.7 Å². The van der Waals surface area contributed by atoms with E-state index in [0.717, 1.165) is 13.3 Å². The topological polar surface area (TPSA) is 156 Å². The van der Waals surface area contributed by atoms with Gasteiger partial charge in [0.1, 0.15) is 6.10 Å². The second kappa shape index (κ2) is 6.07. The smallest absolute Gasteiger partial charge is 0.360 e. The number of methoxy groups -OCH3 is 1. The van der Waals surface area contributed by atoms with Crippen LogP contribution in [-0.4, -0.2) is 50.4 Å². The van der Waals surface area contributed by atoms with Crippen LogP contribution in [0.4, 0.5) is 5.82 Å².